The molecule has 0 atom stereocenters. The molecule has 1 N–H and O–H groups in total. The molecule has 3 rings (SSSR count). The number of hydrogen-bond acceptors (Lipinski definition) is 4. The zero-order valence-electron chi connectivity index (χ0n) is 15.2. The van der Waals surface area contributed by atoms with E-state index in [0.717, 1.165) is 18.6 Å². The summed E-state index contributed by atoms with van der Waals surface area (Å²) in [5, 5.41) is 3.02. The van der Waals surface area contributed by atoms with Crippen molar-refractivity contribution in [1.82, 2.24) is 15.1 Å². The van der Waals surface area contributed by atoms with Crippen LogP contribution in [0.5, 0.6) is 0 Å². The molecular formula is C19H27N3O2S. The van der Waals surface area contributed by atoms with Gasteiger partial charge in [-0.2, -0.15) is 11.8 Å². The summed E-state index contributed by atoms with van der Waals surface area (Å²) in [6.45, 7) is 0.491. The zero-order chi connectivity index (χ0) is 18.1. The zero-order valence-corrected chi connectivity index (χ0v) is 16.1. The van der Waals surface area contributed by atoms with Gasteiger partial charge in [-0.3, -0.25) is 14.6 Å². The van der Waals surface area contributed by atoms with Crippen LogP contribution in [0.2, 0.25) is 0 Å². The lowest BCUT2D eigenvalue weighted by molar-refractivity contribution is -0.133. The van der Waals surface area contributed by atoms with Crippen molar-refractivity contribution in [1.29, 1.82) is 0 Å². The predicted octanol–water partition coefficient (Wildman–Crippen LogP) is 2.67. The first kappa shape index (κ1) is 18.3. The summed E-state index contributed by atoms with van der Waals surface area (Å²) in [6, 6.07) is 10.3. The van der Waals surface area contributed by atoms with Gasteiger partial charge in [0.2, 0.25) is 0 Å². The Labute approximate surface area is 154 Å². The highest BCUT2D eigenvalue weighted by atomic mass is 32.2. The number of nitrogens with zero attached hydrogens (tertiary/aromatic N) is 2. The fourth-order valence-corrected chi connectivity index (χ4v) is 4.60. The number of benzene rings is 1. The molecule has 1 spiro atoms. The highest BCUT2D eigenvalue weighted by molar-refractivity contribution is 7.98. The first-order valence-electron chi connectivity index (χ1n) is 8.81. The predicted molar refractivity (Wildman–Crippen MR) is 102 cm³/mol. The molecule has 5 nitrogen and oxygen atoms in total. The summed E-state index contributed by atoms with van der Waals surface area (Å²) < 4.78 is 0. The van der Waals surface area contributed by atoms with E-state index in [4.69, 9.17) is 0 Å². The van der Waals surface area contributed by atoms with E-state index < -0.39 is 5.54 Å². The van der Waals surface area contributed by atoms with Crippen molar-refractivity contribution in [2.24, 2.45) is 0 Å². The van der Waals surface area contributed by atoms with Crippen molar-refractivity contribution in [2.45, 2.75) is 36.8 Å². The normalized spacial score (nSPS) is 29.5. The fraction of sp³-hybridized carbons (Fsp3) is 0.579. The first-order chi connectivity index (χ1) is 11.9. The number of nitrogens with one attached hydrogen (secondary N) is 1. The molecule has 1 heterocycles. The molecule has 6 heteroatoms. The van der Waals surface area contributed by atoms with Gasteiger partial charge in [0.05, 0.1) is 0 Å². The lowest BCUT2D eigenvalue weighted by Crippen LogP contribution is -2.55. The van der Waals surface area contributed by atoms with Gasteiger partial charge in [0.1, 0.15) is 5.54 Å². The molecule has 1 aromatic carbocycles. The first-order valence-corrected chi connectivity index (χ1v) is 10.2. The third kappa shape index (κ3) is 3.06. The second-order valence-corrected chi connectivity index (χ2v) is 8.24. The topological polar surface area (TPSA) is 52.7 Å². The van der Waals surface area contributed by atoms with E-state index in [1.807, 2.05) is 12.3 Å². The molecule has 136 valence electrons. The van der Waals surface area contributed by atoms with Gasteiger partial charge >= 0.3 is 6.03 Å². The molecule has 1 aromatic rings. The van der Waals surface area contributed by atoms with E-state index in [2.05, 4.69) is 48.6 Å². The lowest BCUT2D eigenvalue weighted by atomic mass is 9.68. The van der Waals surface area contributed by atoms with Crippen LogP contribution in [0.15, 0.2) is 30.3 Å². The molecule has 1 saturated heterocycles. The number of hydrogen-bond donors (Lipinski definition) is 1. The van der Waals surface area contributed by atoms with E-state index in [0.29, 0.717) is 19.4 Å². The summed E-state index contributed by atoms with van der Waals surface area (Å²) in [5.74, 6) is 0.743. The Morgan fingerprint density at radius 3 is 2.32 bits per heavy atom. The van der Waals surface area contributed by atoms with Gasteiger partial charge in [-0.1, -0.05) is 30.3 Å². The standard InChI is InChI=1S/C19H27N3O2S/c1-21(2)19(15-7-5-4-6-8-15)11-9-18(10-12-19)16(23)22(13-14-25-3)17(24)20-18/h4-8H,9-14H2,1-3H3,(H,20,24)/t18-,19+. The second kappa shape index (κ2) is 7.00. The Morgan fingerprint density at radius 1 is 1.12 bits per heavy atom. The maximum atomic E-state index is 12.9. The maximum Gasteiger partial charge on any atom is 0.325 e. The van der Waals surface area contributed by atoms with Crippen molar-refractivity contribution in [3.63, 3.8) is 0 Å². The molecule has 0 aromatic heterocycles. The van der Waals surface area contributed by atoms with Crippen molar-refractivity contribution < 1.29 is 9.59 Å². The van der Waals surface area contributed by atoms with Gasteiger partial charge in [-0.05, 0) is 51.6 Å². The van der Waals surface area contributed by atoms with Gasteiger partial charge in [-0.25, -0.2) is 4.79 Å². The summed E-state index contributed by atoms with van der Waals surface area (Å²) in [6.07, 6.45) is 5.06. The number of urea groups is 1. The van der Waals surface area contributed by atoms with E-state index in [-0.39, 0.29) is 17.5 Å². The van der Waals surface area contributed by atoms with Crippen LogP contribution in [0.3, 0.4) is 0 Å². The summed E-state index contributed by atoms with van der Waals surface area (Å²) in [5.41, 5.74) is 0.499. The number of imide groups is 1. The summed E-state index contributed by atoms with van der Waals surface area (Å²) in [7, 11) is 4.20. The van der Waals surface area contributed by atoms with Gasteiger partial charge in [-0.15, -0.1) is 0 Å². The van der Waals surface area contributed by atoms with Crippen LogP contribution in [0.1, 0.15) is 31.2 Å². The van der Waals surface area contributed by atoms with E-state index in [9.17, 15) is 9.59 Å². The minimum Gasteiger partial charge on any atom is -0.323 e. The molecule has 25 heavy (non-hydrogen) atoms. The third-order valence-electron chi connectivity index (χ3n) is 5.86. The van der Waals surface area contributed by atoms with E-state index in [1.165, 1.54) is 10.5 Å². The Balaban J connectivity index is 1.81. The summed E-state index contributed by atoms with van der Waals surface area (Å²) in [4.78, 5) is 28.9. The van der Waals surface area contributed by atoms with Crippen molar-refractivity contribution in [2.75, 3.05) is 32.6 Å². The Morgan fingerprint density at radius 2 is 1.76 bits per heavy atom. The van der Waals surface area contributed by atoms with E-state index >= 15 is 0 Å². The Kier molecular flexibility index (Phi) is 5.11. The molecule has 3 amide bonds. The number of carbonyl (C=O) groups excluding carboxylic acids is 2. The lowest BCUT2D eigenvalue weighted by Gasteiger charge is -2.48. The highest BCUT2D eigenvalue weighted by Crippen LogP contribution is 2.46. The van der Waals surface area contributed by atoms with Crippen molar-refractivity contribution in [3.8, 4) is 0 Å². The van der Waals surface area contributed by atoms with Crippen LogP contribution in [-0.4, -0.2) is 59.9 Å². The van der Waals surface area contributed by atoms with Gasteiger partial charge < -0.3 is 5.32 Å². The van der Waals surface area contributed by atoms with E-state index in [1.54, 1.807) is 11.8 Å². The number of amides is 3. The average molecular weight is 362 g/mol. The largest absolute Gasteiger partial charge is 0.325 e. The smallest absolute Gasteiger partial charge is 0.323 e. The van der Waals surface area contributed by atoms with Crippen LogP contribution in [0.25, 0.3) is 0 Å². The maximum absolute atomic E-state index is 12.9. The van der Waals surface area contributed by atoms with Crippen molar-refractivity contribution >= 4 is 23.7 Å². The molecule has 0 bridgehead atoms. The molecule has 1 saturated carbocycles. The van der Waals surface area contributed by atoms with Gasteiger partial charge in [0.15, 0.2) is 0 Å². The van der Waals surface area contributed by atoms with Gasteiger partial charge in [0, 0.05) is 17.8 Å². The number of thioether (sulfide) groups is 1. The molecule has 2 fully saturated rings. The highest BCUT2D eigenvalue weighted by Gasteiger charge is 2.55. The Hall–Kier alpha value is -1.53. The molecular weight excluding hydrogens is 334 g/mol. The summed E-state index contributed by atoms with van der Waals surface area (Å²) >= 11 is 1.65. The SMILES string of the molecule is CSCCN1C(=O)N[C@]2(CC[C@@](c3ccccc3)(N(C)C)CC2)C1=O. The molecule has 0 unspecified atom stereocenters. The van der Waals surface area contributed by atoms with Gasteiger partial charge in [0.25, 0.3) is 5.91 Å². The van der Waals surface area contributed by atoms with Crippen LogP contribution < -0.4 is 5.32 Å². The minimum absolute atomic E-state index is 0.0352. The number of rotatable bonds is 5. The Bertz CT molecular complexity index is 639. The van der Waals surface area contributed by atoms with Crippen LogP contribution in [0.4, 0.5) is 4.79 Å². The quantitative estimate of drug-likeness (QED) is 0.819. The molecule has 2 aliphatic rings. The fourth-order valence-electron chi connectivity index (χ4n) is 4.23. The third-order valence-corrected chi connectivity index (χ3v) is 6.45. The van der Waals surface area contributed by atoms with Crippen LogP contribution in [0, 0.1) is 0 Å². The number of carbonyl (C=O) groups is 2. The van der Waals surface area contributed by atoms with Crippen LogP contribution in [-0.2, 0) is 10.3 Å². The second-order valence-electron chi connectivity index (χ2n) is 7.25. The molecule has 1 aliphatic carbocycles. The van der Waals surface area contributed by atoms with Crippen LogP contribution >= 0.6 is 11.8 Å². The monoisotopic (exact) mass is 361 g/mol. The molecule has 0 radical (unpaired) electrons. The van der Waals surface area contributed by atoms with Crippen molar-refractivity contribution in [3.05, 3.63) is 35.9 Å². The minimum atomic E-state index is -0.705. The molecule has 1 aliphatic heterocycles. The average Bonchev–Trinajstić information content (AvgIpc) is 2.85.